The molecule has 1 aliphatic rings. The molecule has 1 fully saturated rings. The number of esters is 1. The van der Waals surface area contributed by atoms with Crippen LogP contribution < -0.4 is 4.90 Å². The number of nitrogens with zero attached hydrogens (tertiary/aromatic N) is 2. The molecule has 1 aliphatic heterocycles. The molecule has 1 aromatic carbocycles. The van der Waals surface area contributed by atoms with Gasteiger partial charge in [0.15, 0.2) is 0 Å². The summed E-state index contributed by atoms with van der Waals surface area (Å²) in [6, 6.07) is 4.26. The molecule has 0 saturated carbocycles. The Bertz CT molecular complexity index is 560. The van der Waals surface area contributed by atoms with Gasteiger partial charge in [0.1, 0.15) is 5.69 Å². The summed E-state index contributed by atoms with van der Waals surface area (Å²) in [6.45, 7) is 2.56. The van der Waals surface area contributed by atoms with Gasteiger partial charge in [0.25, 0.3) is 5.69 Å². The van der Waals surface area contributed by atoms with Crippen molar-refractivity contribution in [2.45, 2.75) is 25.5 Å². The van der Waals surface area contributed by atoms with Gasteiger partial charge in [-0.05, 0) is 25.5 Å². The molecular weight excluding hydrogens is 276 g/mol. The monoisotopic (exact) mass is 294 g/mol. The van der Waals surface area contributed by atoms with Crippen molar-refractivity contribution in [2.24, 2.45) is 0 Å². The van der Waals surface area contributed by atoms with Crippen LogP contribution in [0.4, 0.5) is 11.4 Å². The first-order chi connectivity index (χ1) is 9.95. The highest BCUT2D eigenvalue weighted by Crippen LogP contribution is 2.33. The maximum atomic E-state index is 11.6. The second kappa shape index (κ2) is 6.09. The van der Waals surface area contributed by atoms with Gasteiger partial charge in [-0.2, -0.15) is 0 Å². The van der Waals surface area contributed by atoms with E-state index in [-0.39, 0.29) is 23.4 Å². The number of nitro benzene ring substituents is 1. The van der Waals surface area contributed by atoms with Gasteiger partial charge in [0.2, 0.25) is 0 Å². The first-order valence-corrected chi connectivity index (χ1v) is 6.67. The highest BCUT2D eigenvalue weighted by molar-refractivity contribution is 5.91. The number of anilines is 1. The Morgan fingerprint density at radius 1 is 1.52 bits per heavy atom. The van der Waals surface area contributed by atoms with Crippen LogP contribution in [-0.2, 0) is 9.47 Å². The van der Waals surface area contributed by atoms with E-state index in [1.807, 2.05) is 11.8 Å². The third kappa shape index (κ3) is 2.97. The quantitative estimate of drug-likeness (QED) is 0.480. The summed E-state index contributed by atoms with van der Waals surface area (Å²) in [4.78, 5) is 24.2. The van der Waals surface area contributed by atoms with E-state index in [9.17, 15) is 14.9 Å². The Morgan fingerprint density at radius 3 is 2.76 bits per heavy atom. The summed E-state index contributed by atoms with van der Waals surface area (Å²) in [7, 11) is 3.05. The fraction of sp³-hybridized carbons (Fsp3) is 0.500. The van der Waals surface area contributed by atoms with Crippen LogP contribution in [-0.4, -0.2) is 43.8 Å². The van der Waals surface area contributed by atoms with Crippen LogP contribution in [0.15, 0.2) is 18.2 Å². The zero-order valence-electron chi connectivity index (χ0n) is 12.2. The Morgan fingerprint density at radius 2 is 2.24 bits per heavy atom. The topological polar surface area (TPSA) is 81.9 Å². The molecule has 1 aromatic rings. The molecule has 7 nitrogen and oxygen atoms in total. The number of rotatable bonds is 4. The van der Waals surface area contributed by atoms with E-state index in [1.165, 1.54) is 25.3 Å². The number of ether oxygens (including phenoxy) is 2. The molecular formula is C14H18N2O5. The molecule has 7 heteroatoms. The summed E-state index contributed by atoms with van der Waals surface area (Å²) in [6.07, 6.45) is 0.772. The predicted molar refractivity (Wildman–Crippen MR) is 76.7 cm³/mol. The van der Waals surface area contributed by atoms with Crippen molar-refractivity contribution >= 4 is 17.3 Å². The van der Waals surface area contributed by atoms with Gasteiger partial charge >= 0.3 is 5.97 Å². The van der Waals surface area contributed by atoms with Gasteiger partial charge in [0, 0.05) is 19.7 Å². The van der Waals surface area contributed by atoms with E-state index in [4.69, 9.17) is 4.74 Å². The number of hydrogen-bond acceptors (Lipinski definition) is 6. The number of carbonyl (C=O) groups excluding carboxylic acids is 1. The molecule has 0 radical (unpaired) electrons. The van der Waals surface area contributed by atoms with Crippen molar-refractivity contribution in [3.63, 3.8) is 0 Å². The van der Waals surface area contributed by atoms with Gasteiger partial charge in [-0.3, -0.25) is 10.1 Å². The van der Waals surface area contributed by atoms with Crippen molar-refractivity contribution in [3.8, 4) is 0 Å². The molecule has 0 N–H and O–H groups in total. The van der Waals surface area contributed by atoms with Crippen LogP contribution >= 0.6 is 0 Å². The molecule has 0 aliphatic carbocycles. The molecule has 2 rings (SSSR count). The van der Waals surface area contributed by atoms with Gasteiger partial charge in [0.05, 0.1) is 29.7 Å². The third-order valence-electron chi connectivity index (χ3n) is 3.81. The number of likely N-dealkylation sites (N-methyl/N-ethyl adjacent to an activating group) is 1. The van der Waals surface area contributed by atoms with Gasteiger partial charge < -0.3 is 14.4 Å². The summed E-state index contributed by atoms with van der Waals surface area (Å²) in [5.41, 5.74) is 0.644. The van der Waals surface area contributed by atoms with E-state index < -0.39 is 10.9 Å². The van der Waals surface area contributed by atoms with Gasteiger partial charge in [-0.1, -0.05) is 0 Å². The summed E-state index contributed by atoms with van der Waals surface area (Å²) >= 11 is 0. The summed E-state index contributed by atoms with van der Waals surface area (Å²) in [5, 5.41) is 11.2. The van der Waals surface area contributed by atoms with Crippen molar-refractivity contribution in [3.05, 3.63) is 33.9 Å². The SMILES string of the molecule is COC(=O)c1ccc([N+](=O)[O-])c(N(C)C2CCOC2C)c1. The maximum absolute atomic E-state index is 11.6. The number of benzene rings is 1. The van der Waals surface area contributed by atoms with Gasteiger partial charge in [-0.25, -0.2) is 4.79 Å². The molecule has 0 amide bonds. The predicted octanol–water partition coefficient (Wildman–Crippen LogP) is 1.99. The molecule has 0 spiro atoms. The highest BCUT2D eigenvalue weighted by Gasteiger charge is 2.31. The van der Waals surface area contributed by atoms with Crippen LogP contribution in [0.25, 0.3) is 0 Å². The molecule has 0 aromatic heterocycles. The molecule has 2 unspecified atom stereocenters. The standard InChI is InChI=1S/C14H18N2O5/c1-9-11(6-7-21-9)15(2)13-8-10(14(17)20-3)4-5-12(13)16(18)19/h4-5,8-9,11H,6-7H2,1-3H3. The fourth-order valence-electron chi connectivity index (χ4n) is 2.61. The number of hydrogen-bond donors (Lipinski definition) is 0. The average molecular weight is 294 g/mol. The molecule has 114 valence electrons. The lowest BCUT2D eigenvalue weighted by Crippen LogP contribution is -2.37. The molecule has 21 heavy (non-hydrogen) atoms. The second-order valence-electron chi connectivity index (χ2n) is 5.00. The van der Waals surface area contributed by atoms with E-state index in [0.29, 0.717) is 12.3 Å². The minimum atomic E-state index is -0.518. The largest absolute Gasteiger partial charge is 0.465 e. The Kier molecular flexibility index (Phi) is 4.42. The maximum Gasteiger partial charge on any atom is 0.337 e. The molecule has 1 heterocycles. The Balaban J connectivity index is 2.42. The zero-order valence-corrected chi connectivity index (χ0v) is 12.2. The lowest BCUT2D eigenvalue weighted by Gasteiger charge is -2.28. The Labute approximate surface area is 122 Å². The van der Waals surface area contributed by atoms with Crippen LogP contribution in [0, 0.1) is 10.1 Å². The van der Waals surface area contributed by atoms with E-state index >= 15 is 0 Å². The first kappa shape index (κ1) is 15.2. The minimum Gasteiger partial charge on any atom is -0.465 e. The molecule has 1 saturated heterocycles. The van der Waals surface area contributed by atoms with E-state index in [1.54, 1.807) is 7.05 Å². The summed E-state index contributed by atoms with van der Waals surface area (Å²) in [5.74, 6) is -0.518. The highest BCUT2D eigenvalue weighted by atomic mass is 16.6. The number of nitro groups is 1. The van der Waals surface area contributed by atoms with Crippen LogP contribution in [0.2, 0.25) is 0 Å². The third-order valence-corrected chi connectivity index (χ3v) is 3.81. The lowest BCUT2D eigenvalue weighted by molar-refractivity contribution is -0.384. The van der Waals surface area contributed by atoms with E-state index in [0.717, 1.165) is 6.42 Å². The summed E-state index contributed by atoms with van der Waals surface area (Å²) < 4.78 is 10.2. The van der Waals surface area contributed by atoms with Crippen LogP contribution in [0.3, 0.4) is 0 Å². The number of methoxy groups -OCH3 is 1. The normalized spacial score (nSPS) is 21.1. The second-order valence-corrected chi connectivity index (χ2v) is 5.00. The number of carbonyl (C=O) groups is 1. The smallest absolute Gasteiger partial charge is 0.337 e. The van der Waals surface area contributed by atoms with E-state index in [2.05, 4.69) is 4.74 Å². The Hall–Kier alpha value is -2.15. The van der Waals surface area contributed by atoms with Crippen LogP contribution in [0.1, 0.15) is 23.7 Å². The molecule has 0 bridgehead atoms. The van der Waals surface area contributed by atoms with Crippen molar-refractivity contribution in [2.75, 3.05) is 25.7 Å². The molecule has 2 atom stereocenters. The first-order valence-electron chi connectivity index (χ1n) is 6.67. The van der Waals surface area contributed by atoms with Crippen molar-refractivity contribution in [1.29, 1.82) is 0 Å². The average Bonchev–Trinajstić information content (AvgIpc) is 2.91. The van der Waals surface area contributed by atoms with Gasteiger partial charge in [-0.15, -0.1) is 0 Å². The van der Waals surface area contributed by atoms with Crippen molar-refractivity contribution < 1.29 is 19.2 Å². The minimum absolute atomic E-state index is 0.0172. The zero-order chi connectivity index (χ0) is 15.6. The fourth-order valence-corrected chi connectivity index (χ4v) is 2.61. The van der Waals surface area contributed by atoms with Crippen LogP contribution in [0.5, 0.6) is 0 Å². The van der Waals surface area contributed by atoms with Crippen molar-refractivity contribution in [1.82, 2.24) is 0 Å². The lowest BCUT2D eigenvalue weighted by atomic mass is 10.1.